The number of hydrogen-bond donors (Lipinski definition) is 0. The van der Waals surface area contributed by atoms with Crippen LogP contribution in [0.2, 0.25) is 0 Å². The van der Waals surface area contributed by atoms with Crippen molar-refractivity contribution in [1.29, 1.82) is 0 Å². The minimum absolute atomic E-state index is 0.176. The number of imidazole rings is 1. The first-order chi connectivity index (χ1) is 9.99. The van der Waals surface area contributed by atoms with Crippen LogP contribution < -0.4 is 0 Å². The Balaban J connectivity index is 2.20. The lowest BCUT2D eigenvalue weighted by Gasteiger charge is -2.08. The second kappa shape index (κ2) is 6.39. The summed E-state index contributed by atoms with van der Waals surface area (Å²) >= 11 is 0. The van der Waals surface area contributed by atoms with Crippen molar-refractivity contribution in [3.05, 3.63) is 65.3 Å². The summed E-state index contributed by atoms with van der Waals surface area (Å²) in [5.41, 5.74) is 3.46. The molecule has 1 aromatic heterocycles. The number of hydrogen-bond acceptors (Lipinski definition) is 3. The first kappa shape index (κ1) is 15.0. The van der Waals surface area contributed by atoms with E-state index in [1.807, 2.05) is 36.7 Å². The molecule has 0 fully saturated rings. The Labute approximate surface area is 125 Å². The molecule has 0 atom stereocenters. The van der Waals surface area contributed by atoms with Crippen molar-refractivity contribution in [2.75, 3.05) is 0 Å². The van der Waals surface area contributed by atoms with Crippen LogP contribution >= 0.6 is 0 Å². The second-order valence-corrected chi connectivity index (χ2v) is 5.13. The van der Waals surface area contributed by atoms with Crippen LogP contribution in [-0.4, -0.2) is 15.5 Å². The van der Waals surface area contributed by atoms with Crippen LogP contribution in [0.3, 0.4) is 0 Å². The highest BCUT2D eigenvalue weighted by molar-refractivity contribution is 5.86. The number of aromatic nitrogens is 2. The van der Waals surface area contributed by atoms with Gasteiger partial charge in [-0.05, 0) is 19.4 Å². The predicted octanol–water partition coefficient (Wildman–Crippen LogP) is 2.94. The van der Waals surface area contributed by atoms with Gasteiger partial charge in [0.1, 0.15) is 12.4 Å². The van der Waals surface area contributed by atoms with Gasteiger partial charge in [-0.2, -0.15) is 0 Å². The van der Waals surface area contributed by atoms with Crippen LogP contribution in [0.15, 0.2) is 42.5 Å². The van der Waals surface area contributed by atoms with Crippen molar-refractivity contribution in [1.82, 2.24) is 9.55 Å². The Hall–Kier alpha value is -2.36. The molecule has 2 aromatic rings. The van der Waals surface area contributed by atoms with Gasteiger partial charge in [-0.15, -0.1) is 0 Å². The molecule has 0 aliphatic heterocycles. The molecule has 21 heavy (non-hydrogen) atoms. The Kier molecular flexibility index (Phi) is 4.58. The van der Waals surface area contributed by atoms with E-state index in [4.69, 9.17) is 4.74 Å². The summed E-state index contributed by atoms with van der Waals surface area (Å²) in [6, 6.07) is 10.2. The molecular weight excluding hydrogens is 264 g/mol. The maximum absolute atomic E-state index is 11.5. The summed E-state index contributed by atoms with van der Waals surface area (Å²) in [6.07, 6.45) is 0.762. The molecule has 0 amide bonds. The van der Waals surface area contributed by atoms with Gasteiger partial charge in [0, 0.05) is 24.7 Å². The molecule has 4 heteroatoms. The number of carbonyl (C=O) groups excluding carboxylic acids is 1. The minimum atomic E-state index is -0.385. The molecular formula is C17H20N2O2. The fourth-order valence-electron chi connectivity index (χ4n) is 2.11. The standard InChI is InChI=1S/C17H20N2O2/c1-12(2)17(20)21-11-15-16(19(4)13(3)18-15)10-14-8-6-5-7-9-14/h5-9H,1,10-11H2,2-4H3. The minimum Gasteiger partial charge on any atom is -0.456 e. The van der Waals surface area contributed by atoms with E-state index in [0.29, 0.717) is 5.57 Å². The molecule has 0 aliphatic rings. The Morgan fingerprint density at radius 3 is 2.62 bits per heavy atom. The van der Waals surface area contributed by atoms with Gasteiger partial charge in [0.25, 0.3) is 0 Å². The van der Waals surface area contributed by atoms with Crippen LogP contribution in [0, 0.1) is 6.92 Å². The first-order valence-corrected chi connectivity index (χ1v) is 6.86. The summed E-state index contributed by atoms with van der Waals surface area (Å²) in [5, 5.41) is 0. The third-order valence-corrected chi connectivity index (χ3v) is 3.42. The normalized spacial score (nSPS) is 10.4. The summed E-state index contributed by atoms with van der Waals surface area (Å²) in [5.74, 6) is 0.520. The number of esters is 1. The molecule has 4 nitrogen and oxygen atoms in total. The van der Waals surface area contributed by atoms with Gasteiger partial charge < -0.3 is 9.30 Å². The SMILES string of the molecule is C=C(C)C(=O)OCc1nc(C)n(C)c1Cc1ccccc1. The van der Waals surface area contributed by atoms with E-state index < -0.39 is 0 Å². The lowest BCUT2D eigenvalue weighted by molar-refractivity contribution is -0.140. The lowest BCUT2D eigenvalue weighted by Crippen LogP contribution is -2.08. The average Bonchev–Trinajstić information content (AvgIpc) is 2.73. The maximum Gasteiger partial charge on any atom is 0.333 e. The van der Waals surface area contributed by atoms with Crippen LogP contribution in [0.1, 0.15) is 29.7 Å². The van der Waals surface area contributed by atoms with Gasteiger partial charge in [0.15, 0.2) is 0 Å². The van der Waals surface area contributed by atoms with Crippen LogP contribution in [0.25, 0.3) is 0 Å². The Morgan fingerprint density at radius 2 is 2.00 bits per heavy atom. The fraction of sp³-hybridized carbons (Fsp3) is 0.294. The molecule has 0 N–H and O–H groups in total. The predicted molar refractivity (Wildman–Crippen MR) is 81.8 cm³/mol. The monoisotopic (exact) mass is 284 g/mol. The summed E-state index contributed by atoms with van der Waals surface area (Å²) in [7, 11) is 1.98. The van der Waals surface area contributed by atoms with E-state index in [2.05, 4.69) is 23.7 Å². The molecule has 1 heterocycles. The zero-order valence-electron chi connectivity index (χ0n) is 12.7. The highest BCUT2D eigenvalue weighted by atomic mass is 16.5. The van der Waals surface area contributed by atoms with Gasteiger partial charge in [0.05, 0.1) is 5.69 Å². The molecule has 0 aliphatic carbocycles. The van der Waals surface area contributed by atoms with Crippen molar-refractivity contribution in [2.24, 2.45) is 7.05 Å². The smallest absolute Gasteiger partial charge is 0.333 e. The molecule has 0 bridgehead atoms. The largest absolute Gasteiger partial charge is 0.456 e. The fourth-order valence-corrected chi connectivity index (χ4v) is 2.11. The van der Waals surface area contributed by atoms with E-state index in [9.17, 15) is 4.79 Å². The number of benzene rings is 1. The van der Waals surface area contributed by atoms with Crippen LogP contribution in [0.4, 0.5) is 0 Å². The second-order valence-electron chi connectivity index (χ2n) is 5.13. The van der Waals surface area contributed by atoms with Crippen molar-refractivity contribution in [3.8, 4) is 0 Å². The van der Waals surface area contributed by atoms with E-state index >= 15 is 0 Å². The summed E-state index contributed by atoms with van der Waals surface area (Å²) in [4.78, 5) is 16.0. The Morgan fingerprint density at radius 1 is 1.33 bits per heavy atom. The zero-order chi connectivity index (χ0) is 15.4. The number of aryl methyl sites for hydroxylation is 1. The number of rotatable bonds is 5. The summed E-state index contributed by atoms with van der Waals surface area (Å²) < 4.78 is 7.26. The number of ether oxygens (including phenoxy) is 1. The number of nitrogens with zero attached hydrogens (tertiary/aromatic N) is 2. The highest BCUT2D eigenvalue weighted by Gasteiger charge is 2.14. The van der Waals surface area contributed by atoms with Crippen molar-refractivity contribution in [3.63, 3.8) is 0 Å². The molecule has 0 radical (unpaired) electrons. The van der Waals surface area contributed by atoms with Crippen LogP contribution in [-0.2, 0) is 29.6 Å². The van der Waals surface area contributed by atoms with Gasteiger partial charge in [-0.25, -0.2) is 9.78 Å². The number of carbonyl (C=O) groups is 1. The zero-order valence-corrected chi connectivity index (χ0v) is 12.7. The average molecular weight is 284 g/mol. The van der Waals surface area contributed by atoms with Gasteiger partial charge >= 0.3 is 5.97 Å². The van der Waals surface area contributed by atoms with Crippen molar-refractivity contribution < 1.29 is 9.53 Å². The lowest BCUT2D eigenvalue weighted by atomic mass is 10.1. The van der Waals surface area contributed by atoms with Gasteiger partial charge in [-0.1, -0.05) is 36.9 Å². The third kappa shape index (κ3) is 3.60. The quantitative estimate of drug-likeness (QED) is 0.626. The molecule has 1 aromatic carbocycles. The summed E-state index contributed by atoms with van der Waals surface area (Å²) in [6.45, 7) is 7.34. The van der Waals surface area contributed by atoms with E-state index in [1.54, 1.807) is 6.92 Å². The Bertz CT molecular complexity index is 657. The molecule has 0 saturated heterocycles. The molecule has 110 valence electrons. The van der Waals surface area contributed by atoms with E-state index in [-0.39, 0.29) is 12.6 Å². The van der Waals surface area contributed by atoms with Crippen LogP contribution in [0.5, 0.6) is 0 Å². The van der Waals surface area contributed by atoms with Gasteiger partial charge in [-0.3, -0.25) is 0 Å². The first-order valence-electron chi connectivity index (χ1n) is 6.86. The molecule has 0 spiro atoms. The van der Waals surface area contributed by atoms with E-state index in [1.165, 1.54) is 5.56 Å². The van der Waals surface area contributed by atoms with E-state index in [0.717, 1.165) is 23.6 Å². The van der Waals surface area contributed by atoms with Crippen molar-refractivity contribution in [2.45, 2.75) is 26.9 Å². The van der Waals surface area contributed by atoms with Crippen molar-refractivity contribution >= 4 is 5.97 Å². The maximum atomic E-state index is 11.5. The third-order valence-electron chi connectivity index (χ3n) is 3.42. The molecule has 0 saturated carbocycles. The highest BCUT2D eigenvalue weighted by Crippen LogP contribution is 2.16. The van der Waals surface area contributed by atoms with Gasteiger partial charge in [0.2, 0.25) is 0 Å². The molecule has 0 unspecified atom stereocenters. The topological polar surface area (TPSA) is 44.1 Å². The molecule has 2 rings (SSSR count).